The third-order valence-electron chi connectivity index (χ3n) is 5.65. The average Bonchev–Trinajstić information content (AvgIpc) is 3.14. The minimum absolute atomic E-state index is 0.175. The summed E-state index contributed by atoms with van der Waals surface area (Å²) in [6, 6.07) is 20.4. The van der Waals surface area contributed by atoms with Crippen LogP contribution in [0.3, 0.4) is 0 Å². The summed E-state index contributed by atoms with van der Waals surface area (Å²) in [6.45, 7) is 4.96. The summed E-state index contributed by atoms with van der Waals surface area (Å²) in [7, 11) is 1.93. The lowest BCUT2D eigenvalue weighted by atomic mass is 10.0. The quantitative estimate of drug-likeness (QED) is 0.400. The third-order valence-corrected chi connectivity index (χ3v) is 5.65. The Bertz CT molecular complexity index is 1290. The molecule has 0 unspecified atom stereocenters. The number of nitrogens with zero attached hydrogens (tertiary/aromatic N) is 2. The van der Waals surface area contributed by atoms with Crippen LogP contribution in [0.2, 0.25) is 0 Å². The monoisotopic (exact) mass is 443 g/mol. The van der Waals surface area contributed by atoms with Crippen LogP contribution in [0.15, 0.2) is 60.7 Å². The Morgan fingerprint density at radius 1 is 1.06 bits per heavy atom. The molecule has 1 aromatic heterocycles. The Kier molecular flexibility index (Phi) is 6.75. The third kappa shape index (κ3) is 5.07. The van der Waals surface area contributed by atoms with Gasteiger partial charge in [-0.05, 0) is 60.4 Å². The van der Waals surface area contributed by atoms with E-state index in [2.05, 4.69) is 30.3 Å². The molecule has 3 aromatic carbocycles. The Morgan fingerprint density at radius 3 is 2.67 bits per heavy atom. The average molecular weight is 444 g/mol. The van der Waals surface area contributed by atoms with Crippen LogP contribution in [0.1, 0.15) is 29.3 Å². The molecule has 0 fully saturated rings. The number of carbonyl (C=O) groups excluding carboxylic acids is 1. The molecule has 0 aliphatic carbocycles. The van der Waals surface area contributed by atoms with E-state index in [1.807, 2.05) is 49.0 Å². The molecular weight excluding hydrogens is 414 g/mol. The number of benzene rings is 3. The van der Waals surface area contributed by atoms with Crippen LogP contribution in [-0.4, -0.2) is 22.4 Å². The summed E-state index contributed by atoms with van der Waals surface area (Å²) in [5.41, 5.74) is 12.9. The first kappa shape index (κ1) is 22.6. The van der Waals surface area contributed by atoms with Gasteiger partial charge < -0.3 is 15.2 Å². The standard InChI is InChI=1S/C27H29N3O3/c1-4-32-27(31)15-22-9-8-18(2)12-26(22)33-17-24-23-14-21(10-11-25(23)30(3)29-24)20-7-5-6-19(13-20)16-28/h5-14H,4,15-17,28H2,1-3H3. The molecular formula is C27H29N3O3. The van der Waals surface area contributed by atoms with Gasteiger partial charge in [0.15, 0.2) is 0 Å². The first-order valence-corrected chi connectivity index (χ1v) is 11.1. The van der Waals surface area contributed by atoms with Gasteiger partial charge >= 0.3 is 5.97 Å². The van der Waals surface area contributed by atoms with Crippen LogP contribution in [0.5, 0.6) is 5.75 Å². The van der Waals surface area contributed by atoms with Crippen molar-refractivity contribution in [2.45, 2.75) is 33.4 Å². The van der Waals surface area contributed by atoms with Gasteiger partial charge in [-0.1, -0.05) is 36.4 Å². The maximum absolute atomic E-state index is 12.0. The van der Waals surface area contributed by atoms with Gasteiger partial charge in [-0.25, -0.2) is 0 Å². The van der Waals surface area contributed by atoms with E-state index >= 15 is 0 Å². The largest absolute Gasteiger partial charge is 0.487 e. The summed E-state index contributed by atoms with van der Waals surface area (Å²) in [5, 5.41) is 5.73. The van der Waals surface area contributed by atoms with Crippen LogP contribution in [0.4, 0.5) is 0 Å². The summed E-state index contributed by atoms with van der Waals surface area (Å²) in [4.78, 5) is 12.0. The van der Waals surface area contributed by atoms with Crippen LogP contribution < -0.4 is 10.5 Å². The van der Waals surface area contributed by atoms with Crippen LogP contribution in [0.25, 0.3) is 22.0 Å². The SMILES string of the molecule is CCOC(=O)Cc1ccc(C)cc1OCc1nn(C)c2ccc(-c3cccc(CN)c3)cc12. The Hall–Kier alpha value is -3.64. The molecule has 0 bridgehead atoms. The molecule has 2 N–H and O–H groups in total. The van der Waals surface area contributed by atoms with Crippen molar-refractivity contribution in [1.29, 1.82) is 0 Å². The summed E-state index contributed by atoms with van der Waals surface area (Å²) in [5.74, 6) is 0.410. The fraction of sp³-hybridized carbons (Fsp3) is 0.259. The van der Waals surface area contributed by atoms with E-state index < -0.39 is 0 Å². The van der Waals surface area contributed by atoms with Crippen molar-refractivity contribution in [2.75, 3.05) is 6.61 Å². The van der Waals surface area contributed by atoms with Crippen molar-refractivity contribution >= 4 is 16.9 Å². The molecule has 0 aliphatic rings. The number of aryl methyl sites for hydroxylation is 2. The number of rotatable bonds is 8. The van der Waals surface area contributed by atoms with Crippen molar-refractivity contribution in [3.63, 3.8) is 0 Å². The van der Waals surface area contributed by atoms with E-state index in [1.54, 1.807) is 6.92 Å². The molecule has 4 aromatic rings. The molecule has 0 aliphatic heterocycles. The number of nitrogens with two attached hydrogens (primary N) is 1. The topological polar surface area (TPSA) is 79.4 Å². The number of carbonyl (C=O) groups is 1. The number of fused-ring (bicyclic) bond motifs is 1. The lowest BCUT2D eigenvalue weighted by Gasteiger charge is -2.12. The highest BCUT2D eigenvalue weighted by Crippen LogP contribution is 2.29. The number of hydrogen-bond donors (Lipinski definition) is 1. The second-order valence-electron chi connectivity index (χ2n) is 8.09. The number of ether oxygens (including phenoxy) is 2. The van der Waals surface area contributed by atoms with Gasteiger partial charge in [-0.3, -0.25) is 9.48 Å². The first-order valence-electron chi connectivity index (χ1n) is 11.1. The number of aromatic nitrogens is 2. The summed E-state index contributed by atoms with van der Waals surface area (Å²) < 4.78 is 13.2. The van der Waals surface area contributed by atoms with Gasteiger partial charge in [-0.15, -0.1) is 0 Å². The van der Waals surface area contributed by atoms with E-state index in [-0.39, 0.29) is 12.4 Å². The van der Waals surface area contributed by atoms with E-state index in [0.717, 1.165) is 44.4 Å². The Balaban J connectivity index is 1.63. The Labute approximate surface area is 193 Å². The molecule has 0 atom stereocenters. The maximum Gasteiger partial charge on any atom is 0.310 e. The van der Waals surface area contributed by atoms with Gasteiger partial charge in [-0.2, -0.15) is 5.10 Å². The predicted molar refractivity (Wildman–Crippen MR) is 130 cm³/mol. The van der Waals surface area contributed by atoms with Gasteiger partial charge in [0.1, 0.15) is 18.1 Å². The molecule has 33 heavy (non-hydrogen) atoms. The van der Waals surface area contributed by atoms with Crippen molar-refractivity contribution < 1.29 is 14.3 Å². The molecule has 170 valence electrons. The van der Waals surface area contributed by atoms with E-state index in [1.165, 1.54) is 0 Å². The van der Waals surface area contributed by atoms with Crippen LogP contribution in [0, 0.1) is 6.92 Å². The van der Waals surface area contributed by atoms with Gasteiger partial charge in [0.2, 0.25) is 0 Å². The molecule has 0 spiro atoms. The highest BCUT2D eigenvalue weighted by Gasteiger charge is 2.14. The normalized spacial score (nSPS) is 11.0. The zero-order valence-corrected chi connectivity index (χ0v) is 19.3. The predicted octanol–water partition coefficient (Wildman–Crippen LogP) is 4.69. The minimum atomic E-state index is -0.265. The Morgan fingerprint density at radius 2 is 1.88 bits per heavy atom. The number of hydrogen-bond acceptors (Lipinski definition) is 5. The van der Waals surface area contributed by atoms with E-state index in [9.17, 15) is 4.79 Å². The fourth-order valence-electron chi connectivity index (χ4n) is 3.96. The van der Waals surface area contributed by atoms with Crippen molar-refractivity contribution in [3.8, 4) is 16.9 Å². The lowest BCUT2D eigenvalue weighted by molar-refractivity contribution is -0.142. The molecule has 0 saturated carbocycles. The second-order valence-corrected chi connectivity index (χ2v) is 8.09. The zero-order chi connectivity index (χ0) is 23.4. The highest BCUT2D eigenvalue weighted by atomic mass is 16.5. The smallest absolute Gasteiger partial charge is 0.310 e. The highest BCUT2D eigenvalue weighted by molar-refractivity contribution is 5.87. The molecule has 1 heterocycles. The summed E-state index contributed by atoms with van der Waals surface area (Å²) in [6.07, 6.45) is 0.175. The first-order chi connectivity index (χ1) is 16.0. The molecule has 6 nitrogen and oxygen atoms in total. The van der Waals surface area contributed by atoms with Crippen LogP contribution >= 0.6 is 0 Å². The van der Waals surface area contributed by atoms with Crippen molar-refractivity contribution in [1.82, 2.24) is 9.78 Å². The molecule has 6 heteroatoms. The van der Waals surface area contributed by atoms with Crippen molar-refractivity contribution in [2.24, 2.45) is 12.8 Å². The van der Waals surface area contributed by atoms with Crippen LogP contribution in [-0.2, 0) is 36.2 Å². The van der Waals surface area contributed by atoms with Crippen molar-refractivity contribution in [3.05, 3.63) is 83.0 Å². The lowest BCUT2D eigenvalue weighted by Crippen LogP contribution is -2.09. The fourth-order valence-corrected chi connectivity index (χ4v) is 3.96. The van der Waals surface area contributed by atoms with E-state index in [4.69, 9.17) is 20.3 Å². The van der Waals surface area contributed by atoms with Gasteiger partial charge in [0, 0.05) is 24.5 Å². The molecule has 0 radical (unpaired) electrons. The minimum Gasteiger partial charge on any atom is -0.487 e. The molecule has 4 rings (SSSR count). The maximum atomic E-state index is 12.0. The zero-order valence-electron chi connectivity index (χ0n) is 19.3. The van der Waals surface area contributed by atoms with E-state index in [0.29, 0.717) is 25.5 Å². The summed E-state index contributed by atoms with van der Waals surface area (Å²) >= 11 is 0. The second kappa shape index (κ2) is 9.88. The molecule has 0 saturated heterocycles. The van der Waals surface area contributed by atoms with Gasteiger partial charge in [0.25, 0.3) is 0 Å². The number of esters is 1. The van der Waals surface area contributed by atoms with Gasteiger partial charge in [0.05, 0.1) is 18.5 Å². The molecule has 0 amide bonds.